The van der Waals surface area contributed by atoms with Crippen LogP contribution in [0.5, 0.6) is 0 Å². The van der Waals surface area contributed by atoms with Crippen molar-refractivity contribution in [2.75, 3.05) is 20.1 Å². The number of ketones is 1. The lowest BCUT2D eigenvalue weighted by Gasteiger charge is -2.31. The Hall–Kier alpha value is -4.52. The van der Waals surface area contributed by atoms with E-state index in [1.54, 1.807) is 25.2 Å². The molecule has 2 heterocycles. The second kappa shape index (κ2) is 17.1. The molecule has 1 aliphatic heterocycles. The van der Waals surface area contributed by atoms with E-state index in [1.165, 1.54) is 11.0 Å². The van der Waals surface area contributed by atoms with Gasteiger partial charge in [-0.05, 0) is 90.9 Å². The molecule has 1 aromatic heterocycles. The first-order valence-corrected chi connectivity index (χ1v) is 17.5. The molecule has 51 heavy (non-hydrogen) atoms. The first kappa shape index (κ1) is 37.7. The molecular formula is C39H47F3N6O3. The van der Waals surface area contributed by atoms with Crippen molar-refractivity contribution in [3.05, 3.63) is 95.2 Å². The molecule has 3 atom stereocenters. The maximum Gasteiger partial charge on any atom is 0.416 e. The van der Waals surface area contributed by atoms with E-state index in [4.69, 9.17) is 11.5 Å². The summed E-state index contributed by atoms with van der Waals surface area (Å²) in [5, 5.41) is 7.18. The SMILES string of the molecule is CN1C(=O)[C@H](CCCCN)CC(=O)[C@H](CCCN)NCc2cccc(c2)-c2cc(C(F)(F)F)ccc2CNC(=O)[C@@H]1Cc1c[nH]c2ccccc12. The standard InChI is InChI=1S/C39H47F3N6O3/c1-48-35(19-29-24-46-33-12-3-2-11-31(29)33)37(50)47-23-28-14-15-30(39(40,41)42)21-32(28)26-10-6-8-25(18-26)22-45-34(13-7-17-44)36(49)20-27(38(48)51)9-4-5-16-43/h2-3,6,8,10-12,14-15,18,21,24,27,34-35,45-46H,4-5,7,9,13,16-17,19-20,22-23,43-44H2,1H3,(H,47,50)/t27-,34+,35+/m1/s1. The number of hydrogen-bond donors (Lipinski definition) is 5. The third-order valence-electron chi connectivity index (χ3n) is 9.78. The zero-order chi connectivity index (χ0) is 36.5. The number of nitrogens with zero attached hydrogens (tertiary/aromatic N) is 1. The average Bonchev–Trinajstić information content (AvgIpc) is 3.53. The van der Waals surface area contributed by atoms with Gasteiger partial charge in [-0.25, -0.2) is 0 Å². The first-order valence-electron chi connectivity index (χ1n) is 17.5. The number of benzene rings is 3. The van der Waals surface area contributed by atoms with E-state index >= 15 is 0 Å². The minimum atomic E-state index is -4.57. The van der Waals surface area contributed by atoms with Crippen LogP contribution in [0.25, 0.3) is 22.0 Å². The fraction of sp³-hybridized carbons (Fsp3) is 0.410. The van der Waals surface area contributed by atoms with Crippen molar-refractivity contribution in [3.63, 3.8) is 0 Å². The molecule has 0 aliphatic carbocycles. The number of rotatable bonds is 9. The Morgan fingerprint density at radius 3 is 2.43 bits per heavy atom. The molecule has 0 fully saturated rings. The monoisotopic (exact) mass is 704 g/mol. The number of halogens is 3. The molecule has 12 heteroatoms. The first-order chi connectivity index (χ1) is 24.5. The Morgan fingerprint density at radius 2 is 1.67 bits per heavy atom. The van der Waals surface area contributed by atoms with Gasteiger partial charge in [0.05, 0.1) is 11.6 Å². The smallest absolute Gasteiger partial charge is 0.361 e. The number of amides is 2. The van der Waals surface area contributed by atoms with Crippen LogP contribution in [0, 0.1) is 5.92 Å². The van der Waals surface area contributed by atoms with Crippen LogP contribution in [0.4, 0.5) is 13.2 Å². The minimum Gasteiger partial charge on any atom is -0.361 e. The predicted octanol–water partition coefficient (Wildman–Crippen LogP) is 5.45. The lowest BCUT2D eigenvalue weighted by atomic mass is 9.90. The van der Waals surface area contributed by atoms with E-state index in [2.05, 4.69) is 15.6 Å². The van der Waals surface area contributed by atoms with E-state index in [1.807, 2.05) is 36.5 Å². The highest BCUT2D eigenvalue weighted by Gasteiger charge is 2.35. The van der Waals surface area contributed by atoms with E-state index < -0.39 is 35.6 Å². The molecule has 0 spiro atoms. The van der Waals surface area contributed by atoms with Crippen molar-refractivity contribution in [2.45, 2.75) is 76.3 Å². The number of Topliss-reactive ketones (excluding diaryl/α,β-unsaturated/α-hetero) is 1. The Labute approximate surface area is 296 Å². The molecule has 2 amide bonds. The Kier molecular flexibility index (Phi) is 12.7. The van der Waals surface area contributed by atoms with Crippen LogP contribution in [-0.4, -0.2) is 59.7 Å². The zero-order valence-electron chi connectivity index (χ0n) is 28.9. The normalized spacial score (nSPS) is 19.5. The van der Waals surface area contributed by atoms with E-state index in [-0.39, 0.29) is 37.6 Å². The topological polar surface area (TPSA) is 146 Å². The molecule has 9 nitrogen and oxygen atoms in total. The van der Waals surface area contributed by atoms with Crippen molar-refractivity contribution in [1.29, 1.82) is 0 Å². The average molecular weight is 705 g/mol. The highest BCUT2D eigenvalue weighted by Crippen LogP contribution is 2.35. The van der Waals surface area contributed by atoms with E-state index in [0.717, 1.165) is 34.2 Å². The van der Waals surface area contributed by atoms with Crippen LogP contribution >= 0.6 is 0 Å². The van der Waals surface area contributed by atoms with Crippen molar-refractivity contribution in [1.82, 2.24) is 20.5 Å². The number of carbonyl (C=O) groups excluding carboxylic acids is 3. The quantitative estimate of drug-likeness (QED) is 0.147. The van der Waals surface area contributed by atoms with Crippen molar-refractivity contribution >= 4 is 28.5 Å². The van der Waals surface area contributed by atoms with Gasteiger partial charge in [0.2, 0.25) is 11.8 Å². The third kappa shape index (κ3) is 9.43. The maximum atomic E-state index is 14.4. The van der Waals surface area contributed by atoms with Gasteiger partial charge in [0.25, 0.3) is 0 Å². The van der Waals surface area contributed by atoms with Gasteiger partial charge in [0.15, 0.2) is 5.78 Å². The van der Waals surface area contributed by atoms with Crippen LogP contribution in [0.2, 0.25) is 0 Å². The number of H-pyrrole nitrogens is 1. The van der Waals surface area contributed by atoms with Crippen LogP contribution in [-0.2, 0) is 40.1 Å². The van der Waals surface area contributed by atoms with Crippen LogP contribution in [0.3, 0.4) is 0 Å². The number of aromatic amines is 1. The number of fused-ring (bicyclic) bond motifs is 5. The zero-order valence-corrected chi connectivity index (χ0v) is 28.9. The second-order valence-corrected chi connectivity index (χ2v) is 13.3. The fourth-order valence-electron chi connectivity index (χ4n) is 6.85. The van der Waals surface area contributed by atoms with Gasteiger partial charge in [-0.15, -0.1) is 0 Å². The van der Waals surface area contributed by atoms with Gasteiger partial charge in [-0.3, -0.25) is 14.4 Å². The summed E-state index contributed by atoms with van der Waals surface area (Å²) in [7, 11) is 1.58. The highest BCUT2D eigenvalue weighted by molar-refractivity contribution is 5.93. The predicted molar refractivity (Wildman–Crippen MR) is 192 cm³/mol. The molecule has 7 N–H and O–H groups in total. The Morgan fingerprint density at radius 1 is 0.882 bits per heavy atom. The number of unbranched alkanes of at least 4 members (excludes halogenated alkanes) is 1. The fourth-order valence-corrected chi connectivity index (χ4v) is 6.85. The van der Waals surface area contributed by atoms with Gasteiger partial charge < -0.3 is 32.0 Å². The summed E-state index contributed by atoms with van der Waals surface area (Å²) in [6, 6.07) is 16.7. The lowest BCUT2D eigenvalue weighted by Crippen LogP contribution is -2.51. The molecule has 0 saturated carbocycles. The number of hydrogen-bond acceptors (Lipinski definition) is 6. The Balaban J connectivity index is 1.59. The van der Waals surface area contributed by atoms with Crippen molar-refractivity contribution < 1.29 is 27.6 Å². The van der Waals surface area contributed by atoms with Gasteiger partial charge in [0, 0.05) is 56.0 Å². The van der Waals surface area contributed by atoms with Crippen LogP contribution < -0.4 is 22.1 Å². The summed E-state index contributed by atoms with van der Waals surface area (Å²) in [6.07, 6.45) is 0.166. The number of nitrogens with one attached hydrogen (secondary N) is 3. The lowest BCUT2D eigenvalue weighted by molar-refractivity contribution is -0.143. The number of aromatic nitrogens is 1. The molecule has 4 aromatic rings. The van der Waals surface area contributed by atoms with Crippen LogP contribution in [0.1, 0.15) is 60.8 Å². The molecule has 272 valence electrons. The summed E-state index contributed by atoms with van der Waals surface area (Å²) in [4.78, 5) is 47.2. The molecule has 0 radical (unpaired) electrons. The third-order valence-corrected chi connectivity index (χ3v) is 9.78. The van der Waals surface area contributed by atoms with Crippen molar-refractivity contribution in [2.24, 2.45) is 17.4 Å². The minimum absolute atomic E-state index is 0.0247. The largest absolute Gasteiger partial charge is 0.416 e. The summed E-state index contributed by atoms with van der Waals surface area (Å²) >= 11 is 0. The molecule has 0 unspecified atom stereocenters. The van der Waals surface area contributed by atoms with E-state index in [0.29, 0.717) is 61.9 Å². The molecule has 1 aliphatic rings. The molecular weight excluding hydrogens is 657 g/mol. The van der Waals surface area contributed by atoms with Gasteiger partial charge in [0.1, 0.15) is 6.04 Å². The number of likely N-dealkylation sites (N-methyl/N-ethyl adjacent to an activating group) is 1. The Bertz CT molecular complexity index is 1820. The summed E-state index contributed by atoms with van der Waals surface area (Å²) < 4.78 is 41.8. The molecule has 5 rings (SSSR count). The molecule has 2 bridgehead atoms. The van der Waals surface area contributed by atoms with Gasteiger partial charge in [-0.2, -0.15) is 13.2 Å². The van der Waals surface area contributed by atoms with Crippen molar-refractivity contribution in [3.8, 4) is 11.1 Å². The number of nitrogens with two attached hydrogens (primary N) is 2. The number of carbonyl (C=O) groups is 3. The second-order valence-electron chi connectivity index (χ2n) is 13.3. The summed E-state index contributed by atoms with van der Waals surface area (Å²) in [5.74, 6) is -1.62. The number of alkyl halides is 3. The highest BCUT2D eigenvalue weighted by atomic mass is 19.4. The van der Waals surface area contributed by atoms with E-state index in [9.17, 15) is 27.6 Å². The molecule has 3 aromatic carbocycles. The summed E-state index contributed by atoms with van der Waals surface area (Å²) in [6.45, 7) is 1.03. The van der Waals surface area contributed by atoms with Crippen LogP contribution in [0.15, 0.2) is 72.9 Å². The number of para-hydroxylation sites is 1. The maximum absolute atomic E-state index is 14.4. The molecule has 0 saturated heterocycles. The van der Waals surface area contributed by atoms with Gasteiger partial charge in [-0.1, -0.05) is 48.9 Å². The summed E-state index contributed by atoms with van der Waals surface area (Å²) in [5.41, 5.74) is 14.6. The van der Waals surface area contributed by atoms with Gasteiger partial charge >= 0.3 is 6.18 Å².